The number of ketones is 1. The SMILES string of the molecule is COc1ccc2c(c1)C(=O)C(=Cc1ccc(OC)c(O)c1)CO2. The molecule has 0 aliphatic carbocycles. The van der Waals surface area contributed by atoms with Gasteiger partial charge in [-0.2, -0.15) is 0 Å². The van der Waals surface area contributed by atoms with Gasteiger partial charge in [0.25, 0.3) is 0 Å². The van der Waals surface area contributed by atoms with Crippen molar-refractivity contribution in [2.45, 2.75) is 0 Å². The standard InChI is InChI=1S/C18H16O5/c1-21-13-4-6-16-14(9-13)18(20)12(10-23-16)7-11-3-5-17(22-2)15(19)8-11/h3-9,19H,10H2,1-2H3. The second-order valence-electron chi connectivity index (χ2n) is 5.08. The number of aromatic hydroxyl groups is 1. The molecule has 0 fully saturated rings. The van der Waals surface area contributed by atoms with E-state index >= 15 is 0 Å². The van der Waals surface area contributed by atoms with Crippen LogP contribution in [0.1, 0.15) is 15.9 Å². The van der Waals surface area contributed by atoms with E-state index < -0.39 is 0 Å². The van der Waals surface area contributed by atoms with Gasteiger partial charge in [-0.3, -0.25) is 4.79 Å². The molecule has 3 rings (SSSR count). The highest BCUT2D eigenvalue weighted by atomic mass is 16.5. The molecule has 1 aliphatic rings. The van der Waals surface area contributed by atoms with E-state index in [2.05, 4.69) is 0 Å². The maximum Gasteiger partial charge on any atom is 0.196 e. The number of ether oxygens (including phenoxy) is 3. The van der Waals surface area contributed by atoms with Crippen molar-refractivity contribution in [3.63, 3.8) is 0 Å². The monoisotopic (exact) mass is 312 g/mol. The van der Waals surface area contributed by atoms with Crippen molar-refractivity contribution in [3.05, 3.63) is 53.1 Å². The van der Waals surface area contributed by atoms with Crippen LogP contribution in [-0.2, 0) is 0 Å². The fourth-order valence-electron chi connectivity index (χ4n) is 2.44. The van der Waals surface area contributed by atoms with Crippen LogP contribution in [0.15, 0.2) is 42.0 Å². The molecule has 0 aromatic heterocycles. The number of methoxy groups -OCH3 is 2. The van der Waals surface area contributed by atoms with Gasteiger partial charge in [-0.1, -0.05) is 6.07 Å². The molecule has 0 spiro atoms. The molecule has 2 aromatic carbocycles. The molecule has 0 unspecified atom stereocenters. The van der Waals surface area contributed by atoms with Crippen molar-refractivity contribution < 1.29 is 24.1 Å². The molecule has 1 heterocycles. The quantitative estimate of drug-likeness (QED) is 0.882. The zero-order valence-corrected chi connectivity index (χ0v) is 12.8. The predicted molar refractivity (Wildman–Crippen MR) is 85.5 cm³/mol. The number of carbonyl (C=O) groups excluding carboxylic acids is 1. The normalized spacial score (nSPS) is 15.0. The Morgan fingerprint density at radius 2 is 1.96 bits per heavy atom. The van der Waals surface area contributed by atoms with Crippen LogP contribution in [0.2, 0.25) is 0 Å². The van der Waals surface area contributed by atoms with Crippen LogP contribution in [0.3, 0.4) is 0 Å². The van der Waals surface area contributed by atoms with E-state index in [1.54, 1.807) is 49.6 Å². The lowest BCUT2D eigenvalue weighted by Gasteiger charge is -2.19. The Morgan fingerprint density at radius 1 is 1.13 bits per heavy atom. The van der Waals surface area contributed by atoms with E-state index in [9.17, 15) is 9.90 Å². The van der Waals surface area contributed by atoms with Gasteiger partial charge in [0.2, 0.25) is 0 Å². The number of hydrogen-bond donors (Lipinski definition) is 1. The Balaban J connectivity index is 1.95. The Morgan fingerprint density at radius 3 is 2.65 bits per heavy atom. The number of rotatable bonds is 3. The first-order valence-corrected chi connectivity index (χ1v) is 7.05. The van der Waals surface area contributed by atoms with Gasteiger partial charge >= 0.3 is 0 Å². The fraction of sp³-hybridized carbons (Fsp3) is 0.167. The molecule has 0 radical (unpaired) electrons. The van der Waals surface area contributed by atoms with E-state index in [4.69, 9.17) is 14.2 Å². The van der Waals surface area contributed by atoms with Crippen LogP contribution in [0.25, 0.3) is 6.08 Å². The van der Waals surface area contributed by atoms with Gasteiger partial charge < -0.3 is 19.3 Å². The summed E-state index contributed by atoms with van der Waals surface area (Å²) < 4.78 is 15.8. The van der Waals surface area contributed by atoms with Gasteiger partial charge in [0, 0.05) is 5.57 Å². The Hall–Kier alpha value is -2.95. The Labute approximate surface area is 133 Å². The minimum absolute atomic E-state index is 0.0214. The van der Waals surface area contributed by atoms with Crippen molar-refractivity contribution >= 4 is 11.9 Å². The average Bonchev–Trinajstić information content (AvgIpc) is 2.57. The van der Waals surface area contributed by atoms with Crippen LogP contribution in [-0.4, -0.2) is 31.7 Å². The minimum Gasteiger partial charge on any atom is -0.504 e. The first kappa shape index (κ1) is 15.0. The van der Waals surface area contributed by atoms with E-state index in [0.29, 0.717) is 33.9 Å². The summed E-state index contributed by atoms with van der Waals surface area (Å²) in [6.45, 7) is 0.185. The van der Waals surface area contributed by atoms with Crippen molar-refractivity contribution in [1.29, 1.82) is 0 Å². The lowest BCUT2D eigenvalue weighted by molar-refractivity contribution is 0.100. The second kappa shape index (κ2) is 6.04. The van der Waals surface area contributed by atoms with E-state index in [1.165, 1.54) is 7.11 Å². The summed E-state index contributed by atoms with van der Waals surface area (Å²) in [6, 6.07) is 10.1. The molecule has 0 saturated carbocycles. The van der Waals surface area contributed by atoms with Crippen molar-refractivity contribution in [2.24, 2.45) is 0 Å². The van der Waals surface area contributed by atoms with Gasteiger partial charge in [-0.05, 0) is 42.0 Å². The molecule has 5 nitrogen and oxygen atoms in total. The average molecular weight is 312 g/mol. The zero-order chi connectivity index (χ0) is 16.4. The lowest BCUT2D eigenvalue weighted by Crippen LogP contribution is -2.19. The first-order valence-electron chi connectivity index (χ1n) is 7.05. The summed E-state index contributed by atoms with van der Waals surface area (Å²) >= 11 is 0. The number of benzene rings is 2. The van der Waals surface area contributed by atoms with Gasteiger partial charge in [0.05, 0.1) is 19.8 Å². The summed E-state index contributed by atoms with van der Waals surface area (Å²) in [7, 11) is 3.03. The maximum atomic E-state index is 12.6. The van der Waals surface area contributed by atoms with Crippen LogP contribution in [0.5, 0.6) is 23.0 Å². The molecule has 0 atom stereocenters. The Bertz CT molecular complexity index is 792. The van der Waals surface area contributed by atoms with E-state index in [-0.39, 0.29) is 18.1 Å². The number of hydrogen-bond acceptors (Lipinski definition) is 5. The zero-order valence-electron chi connectivity index (χ0n) is 12.8. The molecule has 1 aliphatic heterocycles. The fourth-order valence-corrected chi connectivity index (χ4v) is 2.44. The molecule has 0 bridgehead atoms. The highest BCUT2D eigenvalue weighted by molar-refractivity contribution is 6.14. The number of phenolic OH excluding ortho intramolecular Hbond substituents is 1. The van der Waals surface area contributed by atoms with Crippen LogP contribution in [0, 0.1) is 0 Å². The summed E-state index contributed by atoms with van der Waals surface area (Å²) in [5.41, 5.74) is 1.68. The van der Waals surface area contributed by atoms with Crippen LogP contribution < -0.4 is 14.2 Å². The molecule has 5 heteroatoms. The summed E-state index contributed by atoms with van der Waals surface area (Å²) in [5.74, 6) is 1.44. The maximum absolute atomic E-state index is 12.6. The third-order valence-corrected chi connectivity index (χ3v) is 3.65. The minimum atomic E-state index is -0.111. The molecule has 23 heavy (non-hydrogen) atoms. The van der Waals surface area contributed by atoms with Crippen molar-refractivity contribution in [3.8, 4) is 23.0 Å². The van der Waals surface area contributed by atoms with Gasteiger partial charge in [-0.15, -0.1) is 0 Å². The highest BCUT2D eigenvalue weighted by Crippen LogP contribution is 2.32. The molecular weight excluding hydrogens is 296 g/mol. The van der Waals surface area contributed by atoms with Crippen molar-refractivity contribution in [1.82, 2.24) is 0 Å². The highest BCUT2D eigenvalue weighted by Gasteiger charge is 2.24. The summed E-state index contributed by atoms with van der Waals surface area (Å²) in [4.78, 5) is 12.6. The smallest absolute Gasteiger partial charge is 0.196 e. The topological polar surface area (TPSA) is 65.0 Å². The Kier molecular flexibility index (Phi) is 3.93. The summed E-state index contributed by atoms with van der Waals surface area (Å²) in [5, 5.41) is 9.83. The molecule has 0 amide bonds. The van der Waals surface area contributed by atoms with E-state index in [0.717, 1.165) is 0 Å². The number of carbonyl (C=O) groups is 1. The van der Waals surface area contributed by atoms with Crippen LogP contribution >= 0.6 is 0 Å². The van der Waals surface area contributed by atoms with Gasteiger partial charge in [-0.25, -0.2) is 0 Å². The van der Waals surface area contributed by atoms with Gasteiger partial charge in [0.15, 0.2) is 17.3 Å². The molecule has 1 N–H and O–H groups in total. The number of Topliss-reactive ketones (excluding diaryl/α,β-unsaturated/α-hetero) is 1. The van der Waals surface area contributed by atoms with Crippen LogP contribution in [0.4, 0.5) is 0 Å². The number of fused-ring (bicyclic) bond motifs is 1. The third kappa shape index (κ3) is 2.85. The first-order chi connectivity index (χ1) is 11.1. The molecule has 0 saturated heterocycles. The third-order valence-electron chi connectivity index (χ3n) is 3.65. The number of phenols is 1. The lowest BCUT2D eigenvalue weighted by atomic mass is 9.98. The van der Waals surface area contributed by atoms with Gasteiger partial charge in [0.1, 0.15) is 18.1 Å². The molecular formula is C18H16O5. The second-order valence-corrected chi connectivity index (χ2v) is 5.08. The summed E-state index contributed by atoms with van der Waals surface area (Å²) in [6.07, 6.45) is 1.70. The van der Waals surface area contributed by atoms with Crippen molar-refractivity contribution in [2.75, 3.05) is 20.8 Å². The molecule has 118 valence electrons. The van der Waals surface area contributed by atoms with E-state index in [1.807, 2.05) is 0 Å². The largest absolute Gasteiger partial charge is 0.504 e. The molecule has 2 aromatic rings. The predicted octanol–water partition coefficient (Wildman–Crippen LogP) is 3.07.